The second-order valence-corrected chi connectivity index (χ2v) is 3.48. The maximum atomic E-state index is 8.71. The van der Waals surface area contributed by atoms with Crippen LogP contribution in [0.2, 0.25) is 0 Å². The van der Waals surface area contributed by atoms with E-state index in [1.807, 2.05) is 36.7 Å². The number of rotatable bonds is 4. The molecule has 0 aliphatic carbocycles. The van der Waals surface area contributed by atoms with Gasteiger partial charge in [-0.1, -0.05) is 0 Å². The van der Waals surface area contributed by atoms with Gasteiger partial charge in [0, 0.05) is 31.9 Å². The summed E-state index contributed by atoms with van der Waals surface area (Å²) in [6.07, 6.45) is 2.72. The van der Waals surface area contributed by atoms with Gasteiger partial charge in [0.05, 0.1) is 12.1 Å². The third kappa shape index (κ3) is 2.57. The van der Waals surface area contributed by atoms with Crippen molar-refractivity contribution in [2.45, 2.75) is 19.4 Å². The molecule has 0 saturated carbocycles. The minimum absolute atomic E-state index is 0.0248. The van der Waals surface area contributed by atoms with Gasteiger partial charge >= 0.3 is 0 Å². The quantitative estimate of drug-likeness (QED) is 0.709. The van der Waals surface area contributed by atoms with Crippen molar-refractivity contribution in [2.24, 2.45) is 7.05 Å². The summed E-state index contributed by atoms with van der Waals surface area (Å²) < 4.78 is 1.87. The Kier molecular flexibility index (Phi) is 3.66. The molecule has 0 amide bonds. The molecule has 1 aromatic heterocycles. The van der Waals surface area contributed by atoms with Gasteiger partial charge in [0.25, 0.3) is 0 Å². The second kappa shape index (κ2) is 4.77. The Morgan fingerprint density at radius 2 is 2.43 bits per heavy atom. The minimum atomic E-state index is -0.0248. The monoisotopic (exact) mass is 192 g/mol. The van der Waals surface area contributed by atoms with Gasteiger partial charge in [-0.2, -0.15) is 10.4 Å². The number of hydrogen-bond acceptors (Lipinski definition) is 3. The molecule has 0 aliphatic rings. The highest BCUT2D eigenvalue weighted by atomic mass is 15.3. The molecule has 14 heavy (non-hydrogen) atoms. The van der Waals surface area contributed by atoms with E-state index in [2.05, 4.69) is 11.2 Å². The number of aromatic nitrogens is 2. The lowest BCUT2D eigenvalue weighted by molar-refractivity contribution is 0.304. The molecule has 76 valence electrons. The average molecular weight is 192 g/mol. The summed E-state index contributed by atoms with van der Waals surface area (Å²) in [6, 6.07) is 4.19. The van der Waals surface area contributed by atoms with Gasteiger partial charge in [0.1, 0.15) is 0 Å². The standard InChI is InChI=1S/C10H16N4/c1-9(8-11)13(2)7-5-10-4-6-12-14(10)3/h4,6,9H,5,7H2,1-3H3. The lowest BCUT2D eigenvalue weighted by Crippen LogP contribution is -2.30. The van der Waals surface area contributed by atoms with Crippen LogP contribution >= 0.6 is 0 Å². The fourth-order valence-electron chi connectivity index (χ4n) is 1.23. The second-order valence-electron chi connectivity index (χ2n) is 3.48. The summed E-state index contributed by atoms with van der Waals surface area (Å²) in [7, 11) is 3.90. The van der Waals surface area contributed by atoms with Gasteiger partial charge in [-0.3, -0.25) is 9.58 Å². The lowest BCUT2D eigenvalue weighted by Gasteiger charge is -2.18. The van der Waals surface area contributed by atoms with E-state index in [9.17, 15) is 0 Å². The molecule has 1 rings (SSSR count). The molecule has 4 nitrogen and oxygen atoms in total. The molecule has 0 fully saturated rings. The van der Waals surface area contributed by atoms with Crippen molar-refractivity contribution < 1.29 is 0 Å². The maximum absolute atomic E-state index is 8.71. The summed E-state index contributed by atoms with van der Waals surface area (Å²) >= 11 is 0. The highest BCUT2D eigenvalue weighted by molar-refractivity contribution is 5.00. The first-order chi connectivity index (χ1) is 6.65. The predicted octanol–water partition coefficient (Wildman–Crippen LogP) is 0.806. The molecule has 1 atom stereocenters. The van der Waals surface area contributed by atoms with E-state index >= 15 is 0 Å². The van der Waals surface area contributed by atoms with E-state index in [0.717, 1.165) is 13.0 Å². The van der Waals surface area contributed by atoms with Gasteiger partial charge in [0.2, 0.25) is 0 Å². The fourth-order valence-corrected chi connectivity index (χ4v) is 1.23. The summed E-state index contributed by atoms with van der Waals surface area (Å²) in [5.41, 5.74) is 1.20. The number of nitrogens with zero attached hydrogens (tertiary/aromatic N) is 4. The first kappa shape index (κ1) is 10.7. The SMILES string of the molecule is CC(C#N)N(C)CCc1ccnn1C. The highest BCUT2D eigenvalue weighted by Gasteiger charge is 2.08. The van der Waals surface area contributed by atoms with Gasteiger partial charge in [-0.25, -0.2) is 0 Å². The lowest BCUT2D eigenvalue weighted by atomic mass is 10.2. The van der Waals surface area contributed by atoms with Crippen molar-refractivity contribution in [3.63, 3.8) is 0 Å². The molecule has 0 spiro atoms. The number of nitriles is 1. The fraction of sp³-hybridized carbons (Fsp3) is 0.600. The Labute approximate surface area is 84.7 Å². The van der Waals surface area contributed by atoms with E-state index < -0.39 is 0 Å². The molecule has 0 bridgehead atoms. The van der Waals surface area contributed by atoms with E-state index in [0.29, 0.717) is 0 Å². The minimum Gasteiger partial charge on any atom is -0.291 e. The number of likely N-dealkylation sites (N-methyl/N-ethyl adjacent to an activating group) is 1. The van der Waals surface area contributed by atoms with E-state index in [-0.39, 0.29) is 6.04 Å². The van der Waals surface area contributed by atoms with Crippen LogP contribution in [0.15, 0.2) is 12.3 Å². The molecule has 0 aromatic carbocycles. The molecule has 4 heteroatoms. The van der Waals surface area contributed by atoms with Crippen molar-refractivity contribution in [3.8, 4) is 6.07 Å². The maximum Gasteiger partial charge on any atom is 0.0946 e. The molecule has 0 N–H and O–H groups in total. The van der Waals surface area contributed by atoms with Crippen LogP contribution in [-0.2, 0) is 13.5 Å². The number of hydrogen-bond donors (Lipinski definition) is 0. The van der Waals surface area contributed by atoms with E-state index in [4.69, 9.17) is 5.26 Å². The van der Waals surface area contributed by atoms with Crippen LogP contribution < -0.4 is 0 Å². The highest BCUT2D eigenvalue weighted by Crippen LogP contribution is 2.01. The van der Waals surface area contributed by atoms with Gasteiger partial charge < -0.3 is 0 Å². The molecule has 0 saturated heterocycles. The van der Waals surface area contributed by atoms with Crippen molar-refractivity contribution in [1.29, 1.82) is 5.26 Å². The van der Waals surface area contributed by atoms with Crippen molar-refractivity contribution in [1.82, 2.24) is 14.7 Å². The Hall–Kier alpha value is -1.34. The molecule has 0 radical (unpaired) electrons. The van der Waals surface area contributed by atoms with E-state index in [1.165, 1.54) is 5.69 Å². The molecule has 1 unspecified atom stereocenters. The Balaban J connectivity index is 2.42. The van der Waals surface area contributed by atoms with Crippen LogP contribution in [0.5, 0.6) is 0 Å². The average Bonchev–Trinajstić information content (AvgIpc) is 2.59. The molecule has 1 aromatic rings. The smallest absolute Gasteiger partial charge is 0.0946 e. The zero-order chi connectivity index (χ0) is 10.6. The zero-order valence-electron chi connectivity index (χ0n) is 8.94. The Morgan fingerprint density at radius 1 is 1.71 bits per heavy atom. The van der Waals surface area contributed by atoms with Crippen LogP contribution in [0, 0.1) is 11.3 Å². The van der Waals surface area contributed by atoms with Crippen LogP contribution in [0.25, 0.3) is 0 Å². The molecular formula is C10H16N4. The largest absolute Gasteiger partial charge is 0.291 e. The van der Waals surface area contributed by atoms with Crippen LogP contribution in [0.3, 0.4) is 0 Å². The summed E-state index contributed by atoms with van der Waals surface area (Å²) in [5.74, 6) is 0. The third-order valence-electron chi connectivity index (χ3n) is 2.49. The van der Waals surface area contributed by atoms with Crippen molar-refractivity contribution in [2.75, 3.05) is 13.6 Å². The first-order valence-corrected chi connectivity index (χ1v) is 4.72. The Morgan fingerprint density at radius 3 is 2.93 bits per heavy atom. The van der Waals surface area contributed by atoms with Gasteiger partial charge in [-0.05, 0) is 20.0 Å². The third-order valence-corrected chi connectivity index (χ3v) is 2.49. The van der Waals surface area contributed by atoms with Crippen LogP contribution in [-0.4, -0.2) is 34.3 Å². The zero-order valence-corrected chi connectivity index (χ0v) is 8.94. The van der Waals surface area contributed by atoms with Gasteiger partial charge in [0.15, 0.2) is 0 Å². The van der Waals surface area contributed by atoms with Crippen LogP contribution in [0.1, 0.15) is 12.6 Å². The number of aryl methyl sites for hydroxylation is 1. The Bertz CT molecular complexity index is 323. The normalized spacial score (nSPS) is 12.8. The topological polar surface area (TPSA) is 44.9 Å². The van der Waals surface area contributed by atoms with Gasteiger partial charge in [-0.15, -0.1) is 0 Å². The molecule has 1 heterocycles. The summed E-state index contributed by atoms with van der Waals surface area (Å²) in [6.45, 7) is 2.79. The summed E-state index contributed by atoms with van der Waals surface area (Å²) in [5, 5.41) is 12.8. The van der Waals surface area contributed by atoms with E-state index in [1.54, 1.807) is 6.20 Å². The van der Waals surface area contributed by atoms with Crippen molar-refractivity contribution >= 4 is 0 Å². The van der Waals surface area contributed by atoms with Crippen molar-refractivity contribution in [3.05, 3.63) is 18.0 Å². The van der Waals surface area contributed by atoms with Crippen LogP contribution in [0.4, 0.5) is 0 Å². The molecular weight excluding hydrogens is 176 g/mol. The predicted molar refractivity (Wildman–Crippen MR) is 54.6 cm³/mol. The first-order valence-electron chi connectivity index (χ1n) is 4.72. The summed E-state index contributed by atoms with van der Waals surface area (Å²) in [4.78, 5) is 2.03. The molecule has 0 aliphatic heterocycles.